The van der Waals surface area contributed by atoms with Crippen LogP contribution in [0.3, 0.4) is 0 Å². The summed E-state index contributed by atoms with van der Waals surface area (Å²) < 4.78 is 0. The molecule has 2 aromatic carbocycles. The molecule has 2 N–H and O–H groups in total. The van der Waals surface area contributed by atoms with Crippen LogP contribution in [0.2, 0.25) is 0 Å². The molecule has 3 aromatic rings. The molecule has 2 amide bonds. The van der Waals surface area contributed by atoms with Gasteiger partial charge in [-0.15, -0.1) is 11.3 Å². The first-order chi connectivity index (χ1) is 13.1. The molecule has 0 aliphatic rings. The Morgan fingerprint density at radius 3 is 2.44 bits per heavy atom. The fraction of sp³-hybridized carbons (Fsp3) is 0.238. The van der Waals surface area contributed by atoms with E-state index >= 15 is 0 Å². The summed E-state index contributed by atoms with van der Waals surface area (Å²) in [7, 11) is 3.94. The molecule has 27 heavy (non-hydrogen) atoms. The lowest BCUT2D eigenvalue weighted by atomic mass is 9.98. The monoisotopic (exact) mass is 381 g/mol. The number of carbonyl (C=O) groups is 2. The lowest BCUT2D eigenvalue weighted by Gasteiger charge is -2.26. The minimum absolute atomic E-state index is 0.0369. The molecule has 5 nitrogen and oxygen atoms in total. The van der Waals surface area contributed by atoms with Crippen LogP contribution in [0, 0.1) is 0 Å². The summed E-state index contributed by atoms with van der Waals surface area (Å²) in [6.45, 7) is 0.719. The summed E-state index contributed by atoms with van der Waals surface area (Å²) in [5, 5.41) is 9.66. The second-order valence-corrected chi connectivity index (χ2v) is 7.55. The molecule has 1 heterocycles. The Bertz CT molecular complexity index is 917. The van der Waals surface area contributed by atoms with Gasteiger partial charge in [-0.05, 0) is 41.9 Å². The van der Waals surface area contributed by atoms with Crippen LogP contribution in [0.1, 0.15) is 16.5 Å². The van der Waals surface area contributed by atoms with E-state index in [0.717, 1.165) is 21.2 Å². The Balaban J connectivity index is 1.66. The molecule has 0 radical (unpaired) electrons. The Morgan fingerprint density at radius 1 is 0.963 bits per heavy atom. The lowest BCUT2D eigenvalue weighted by molar-refractivity contribution is -0.139. The molecule has 0 unspecified atom stereocenters. The molecule has 0 bridgehead atoms. The van der Waals surface area contributed by atoms with Gasteiger partial charge in [-0.1, -0.05) is 48.5 Å². The number of likely N-dealkylation sites (N-methyl/N-ethyl adjacent to an activating group) is 1. The zero-order valence-electron chi connectivity index (χ0n) is 15.4. The van der Waals surface area contributed by atoms with Crippen molar-refractivity contribution in [1.29, 1.82) is 0 Å². The molecule has 0 spiro atoms. The largest absolute Gasteiger partial charge is 0.346 e. The number of rotatable bonds is 6. The summed E-state index contributed by atoms with van der Waals surface area (Å²) >= 11 is 1.54. The third-order valence-corrected chi connectivity index (χ3v) is 5.35. The highest BCUT2D eigenvalue weighted by Gasteiger charge is 2.20. The first-order valence-electron chi connectivity index (χ1n) is 8.78. The number of fused-ring (bicyclic) bond motifs is 1. The van der Waals surface area contributed by atoms with Crippen LogP contribution >= 0.6 is 11.3 Å². The third-order valence-electron chi connectivity index (χ3n) is 4.47. The van der Waals surface area contributed by atoms with Gasteiger partial charge >= 0.3 is 11.8 Å². The van der Waals surface area contributed by atoms with Crippen molar-refractivity contribution in [2.45, 2.75) is 12.6 Å². The fourth-order valence-corrected chi connectivity index (χ4v) is 3.69. The first kappa shape index (κ1) is 19.1. The molecule has 1 aromatic heterocycles. The van der Waals surface area contributed by atoms with Crippen molar-refractivity contribution in [2.24, 2.45) is 0 Å². The molecule has 0 fully saturated rings. The van der Waals surface area contributed by atoms with Crippen molar-refractivity contribution in [1.82, 2.24) is 15.5 Å². The SMILES string of the molecule is CN(C)[C@H](CNC(=O)C(=O)NCc1cccs1)c1cccc2ccccc12. The molecule has 0 aliphatic carbocycles. The highest BCUT2D eigenvalue weighted by Crippen LogP contribution is 2.26. The van der Waals surface area contributed by atoms with E-state index in [1.165, 1.54) is 0 Å². The van der Waals surface area contributed by atoms with Crippen LogP contribution in [0.15, 0.2) is 60.0 Å². The lowest BCUT2D eigenvalue weighted by Crippen LogP contribution is -2.42. The van der Waals surface area contributed by atoms with Crippen molar-refractivity contribution < 1.29 is 9.59 Å². The normalized spacial score (nSPS) is 12.1. The molecule has 3 rings (SSSR count). The number of benzene rings is 2. The van der Waals surface area contributed by atoms with Gasteiger partial charge in [0.05, 0.1) is 12.6 Å². The molecule has 0 aliphatic heterocycles. The highest BCUT2D eigenvalue weighted by molar-refractivity contribution is 7.09. The zero-order valence-corrected chi connectivity index (χ0v) is 16.3. The van der Waals surface area contributed by atoms with Gasteiger partial charge in [0, 0.05) is 11.4 Å². The van der Waals surface area contributed by atoms with Crippen LogP contribution in [0.4, 0.5) is 0 Å². The van der Waals surface area contributed by atoms with Crippen LogP contribution in [-0.4, -0.2) is 37.4 Å². The Hall–Kier alpha value is -2.70. The van der Waals surface area contributed by atoms with Crippen molar-refractivity contribution in [3.63, 3.8) is 0 Å². The first-order valence-corrected chi connectivity index (χ1v) is 9.66. The minimum atomic E-state index is -0.612. The van der Waals surface area contributed by atoms with Gasteiger partial charge in [0.15, 0.2) is 0 Å². The smallest absolute Gasteiger partial charge is 0.309 e. The topological polar surface area (TPSA) is 61.4 Å². The Morgan fingerprint density at radius 2 is 1.70 bits per heavy atom. The summed E-state index contributed by atoms with van der Waals surface area (Å²) in [4.78, 5) is 27.3. The molecule has 1 atom stereocenters. The predicted molar refractivity (Wildman–Crippen MR) is 110 cm³/mol. The van der Waals surface area contributed by atoms with Crippen LogP contribution in [0.25, 0.3) is 10.8 Å². The van der Waals surface area contributed by atoms with Crippen LogP contribution in [-0.2, 0) is 16.1 Å². The van der Waals surface area contributed by atoms with Gasteiger partial charge in [-0.25, -0.2) is 0 Å². The van der Waals surface area contributed by atoms with Gasteiger partial charge in [0.2, 0.25) is 0 Å². The molecular weight excluding hydrogens is 358 g/mol. The second kappa shape index (κ2) is 8.79. The highest BCUT2D eigenvalue weighted by atomic mass is 32.1. The molecule has 140 valence electrons. The maximum Gasteiger partial charge on any atom is 0.309 e. The maximum absolute atomic E-state index is 12.2. The predicted octanol–water partition coefficient (Wildman–Crippen LogP) is 2.94. The van der Waals surface area contributed by atoms with Gasteiger partial charge in [-0.3, -0.25) is 9.59 Å². The van der Waals surface area contributed by atoms with E-state index in [1.807, 2.05) is 54.7 Å². The maximum atomic E-state index is 12.2. The van der Waals surface area contributed by atoms with Crippen LogP contribution in [0.5, 0.6) is 0 Å². The molecule has 6 heteroatoms. The van der Waals surface area contributed by atoms with Crippen molar-refractivity contribution in [3.05, 3.63) is 70.4 Å². The van der Waals surface area contributed by atoms with Gasteiger partial charge in [0.25, 0.3) is 0 Å². The summed E-state index contributed by atoms with van der Waals surface area (Å²) in [5.41, 5.74) is 1.12. The van der Waals surface area contributed by atoms with E-state index in [-0.39, 0.29) is 6.04 Å². The van der Waals surface area contributed by atoms with E-state index in [2.05, 4.69) is 34.9 Å². The van der Waals surface area contributed by atoms with E-state index in [0.29, 0.717) is 13.1 Å². The Kier molecular flexibility index (Phi) is 6.21. The average Bonchev–Trinajstić information content (AvgIpc) is 3.19. The zero-order chi connectivity index (χ0) is 19.2. The number of carbonyl (C=O) groups excluding carboxylic acids is 2. The molecule has 0 saturated heterocycles. The number of amides is 2. The van der Waals surface area contributed by atoms with Gasteiger partial charge in [0.1, 0.15) is 0 Å². The fourth-order valence-electron chi connectivity index (χ4n) is 3.04. The third kappa shape index (κ3) is 4.72. The van der Waals surface area contributed by atoms with Crippen LogP contribution < -0.4 is 10.6 Å². The number of hydrogen-bond donors (Lipinski definition) is 2. The minimum Gasteiger partial charge on any atom is -0.346 e. The van der Waals surface area contributed by atoms with Crippen molar-refractivity contribution >= 4 is 33.9 Å². The van der Waals surface area contributed by atoms with E-state index in [4.69, 9.17) is 0 Å². The number of nitrogens with one attached hydrogen (secondary N) is 2. The molecule has 0 saturated carbocycles. The van der Waals surface area contributed by atoms with E-state index < -0.39 is 11.8 Å². The van der Waals surface area contributed by atoms with Crippen molar-refractivity contribution in [3.8, 4) is 0 Å². The number of nitrogens with zero attached hydrogens (tertiary/aromatic N) is 1. The summed E-state index contributed by atoms with van der Waals surface area (Å²) in [5.74, 6) is -1.22. The summed E-state index contributed by atoms with van der Waals surface area (Å²) in [6, 6.07) is 18.1. The second-order valence-electron chi connectivity index (χ2n) is 6.52. The van der Waals surface area contributed by atoms with E-state index in [9.17, 15) is 9.59 Å². The summed E-state index contributed by atoms with van der Waals surface area (Å²) in [6.07, 6.45) is 0. The quantitative estimate of drug-likeness (QED) is 0.646. The van der Waals surface area contributed by atoms with Gasteiger partial charge in [-0.2, -0.15) is 0 Å². The molecular formula is C21H23N3O2S. The average molecular weight is 382 g/mol. The van der Waals surface area contributed by atoms with Gasteiger partial charge < -0.3 is 15.5 Å². The van der Waals surface area contributed by atoms with E-state index in [1.54, 1.807) is 11.3 Å². The standard InChI is InChI=1S/C21H23N3O2S/c1-24(2)19(18-11-5-8-15-7-3-4-10-17(15)18)14-23-21(26)20(25)22-13-16-9-6-12-27-16/h3-12,19H,13-14H2,1-2H3,(H,22,25)(H,23,26)/t19-/m1/s1. The number of hydrogen-bond acceptors (Lipinski definition) is 4. The van der Waals surface area contributed by atoms with Crippen molar-refractivity contribution in [2.75, 3.05) is 20.6 Å². The Labute approximate surface area is 163 Å². The number of thiophene rings is 1.